The minimum absolute atomic E-state index is 0.0836. The van der Waals surface area contributed by atoms with E-state index < -0.39 is 10.0 Å². The van der Waals surface area contributed by atoms with Crippen LogP contribution in [-0.4, -0.2) is 56.3 Å². The summed E-state index contributed by atoms with van der Waals surface area (Å²) in [5, 5.41) is 2.92. The fourth-order valence-electron chi connectivity index (χ4n) is 3.97. The number of anilines is 1. The molecule has 0 aliphatic carbocycles. The van der Waals surface area contributed by atoms with Crippen molar-refractivity contribution in [3.05, 3.63) is 23.8 Å². The second-order valence-corrected chi connectivity index (χ2v) is 9.91. The van der Waals surface area contributed by atoms with Gasteiger partial charge in [0.2, 0.25) is 15.9 Å². The fourth-order valence-corrected chi connectivity index (χ4v) is 5.52. The largest absolute Gasteiger partial charge is 0.325 e. The van der Waals surface area contributed by atoms with Gasteiger partial charge in [-0.25, -0.2) is 8.42 Å². The predicted octanol–water partition coefficient (Wildman–Crippen LogP) is 2.84. The van der Waals surface area contributed by atoms with E-state index in [9.17, 15) is 13.2 Å². The number of hydrogen-bond acceptors (Lipinski definition) is 4. The van der Waals surface area contributed by atoms with Crippen LogP contribution in [0.5, 0.6) is 0 Å². The Morgan fingerprint density at radius 3 is 2.59 bits per heavy atom. The van der Waals surface area contributed by atoms with Crippen molar-refractivity contribution >= 4 is 21.6 Å². The van der Waals surface area contributed by atoms with E-state index in [1.165, 1.54) is 6.42 Å². The zero-order valence-corrected chi connectivity index (χ0v) is 17.2. The molecule has 2 aliphatic rings. The summed E-state index contributed by atoms with van der Waals surface area (Å²) in [4.78, 5) is 14.9. The van der Waals surface area contributed by atoms with Crippen molar-refractivity contribution in [1.82, 2.24) is 9.21 Å². The van der Waals surface area contributed by atoms with Crippen molar-refractivity contribution in [3.63, 3.8) is 0 Å². The van der Waals surface area contributed by atoms with Crippen molar-refractivity contribution in [3.8, 4) is 0 Å². The Balaban J connectivity index is 1.70. The smallest absolute Gasteiger partial charge is 0.243 e. The number of nitrogens with zero attached hydrogens (tertiary/aromatic N) is 2. The standard InChI is InChI=1S/C20H31N3O3S/c1-16-7-6-10-22(14-16)15-20(24)21-19-13-18(9-8-17(19)2)27(25,26)23-11-4-3-5-12-23/h8-9,13,16H,3-7,10-12,14-15H2,1-2H3,(H,21,24). The number of sulfonamides is 1. The molecule has 1 aromatic carbocycles. The lowest BCUT2D eigenvalue weighted by Gasteiger charge is -2.30. The Morgan fingerprint density at radius 2 is 1.89 bits per heavy atom. The molecule has 1 amide bonds. The molecular formula is C20H31N3O3S. The number of carbonyl (C=O) groups excluding carboxylic acids is 1. The minimum Gasteiger partial charge on any atom is -0.325 e. The van der Waals surface area contributed by atoms with Crippen molar-refractivity contribution in [2.45, 2.75) is 50.8 Å². The van der Waals surface area contributed by atoms with Gasteiger partial charge in [0.15, 0.2) is 0 Å². The average molecular weight is 394 g/mol. The fraction of sp³-hybridized carbons (Fsp3) is 0.650. The maximum atomic E-state index is 12.9. The number of hydrogen-bond donors (Lipinski definition) is 1. The first-order valence-electron chi connectivity index (χ1n) is 9.99. The maximum Gasteiger partial charge on any atom is 0.243 e. The van der Waals surface area contributed by atoms with E-state index in [1.807, 2.05) is 6.92 Å². The van der Waals surface area contributed by atoms with E-state index in [4.69, 9.17) is 0 Å². The third kappa shape index (κ3) is 5.09. The molecule has 3 rings (SSSR count). The second kappa shape index (κ2) is 8.71. The van der Waals surface area contributed by atoms with Crippen LogP contribution >= 0.6 is 0 Å². The number of nitrogens with one attached hydrogen (secondary N) is 1. The van der Waals surface area contributed by atoms with Gasteiger partial charge < -0.3 is 5.32 Å². The van der Waals surface area contributed by atoms with E-state index in [0.29, 0.717) is 31.2 Å². The Morgan fingerprint density at radius 1 is 1.15 bits per heavy atom. The molecule has 0 radical (unpaired) electrons. The molecule has 2 saturated heterocycles. The van der Waals surface area contributed by atoms with Crippen LogP contribution in [0, 0.1) is 12.8 Å². The second-order valence-electron chi connectivity index (χ2n) is 7.97. The lowest BCUT2D eigenvalue weighted by molar-refractivity contribution is -0.117. The first-order valence-corrected chi connectivity index (χ1v) is 11.4. The highest BCUT2D eigenvalue weighted by molar-refractivity contribution is 7.89. The number of likely N-dealkylation sites (tertiary alicyclic amines) is 1. The van der Waals surface area contributed by atoms with E-state index in [2.05, 4.69) is 17.1 Å². The number of amides is 1. The zero-order valence-electron chi connectivity index (χ0n) is 16.4. The van der Waals surface area contributed by atoms with Crippen molar-refractivity contribution in [1.29, 1.82) is 0 Å². The highest BCUT2D eigenvalue weighted by Crippen LogP contribution is 2.25. The van der Waals surface area contributed by atoms with Crippen LogP contribution in [0.25, 0.3) is 0 Å². The summed E-state index contributed by atoms with van der Waals surface area (Å²) in [6.07, 6.45) is 5.23. The Kier molecular flexibility index (Phi) is 6.55. The summed E-state index contributed by atoms with van der Waals surface area (Å²) >= 11 is 0. The molecule has 27 heavy (non-hydrogen) atoms. The van der Waals surface area contributed by atoms with E-state index in [1.54, 1.807) is 22.5 Å². The predicted molar refractivity (Wildman–Crippen MR) is 107 cm³/mol. The van der Waals surface area contributed by atoms with Crippen molar-refractivity contribution in [2.24, 2.45) is 5.92 Å². The summed E-state index contributed by atoms with van der Waals surface area (Å²) < 4.78 is 27.3. The SMILES string of the molecule is Cc1ccc(S(=O)(=O)N2CCCCC2)cc1NC(=O)CN1CCCC(C)C1. The lowest BCUT2D eigenvalue weighted by Crippen LogP contribution is -2.39. The van der Waals surface area contributed by atoms with Crippen LogP contribution in [0.4, 0.5) is 5.69 Å². The molecule has 1 N–H and O–H groups in total. The number of aryl methyl sites for hydroxylation is 1. The van der Waals surface area contributed by atoms with Gasteiger partial charge in [-0.1, -0.05) is 19.4 Å². The molecule has 7 heteroatoms. The average Bonchev–Trinajstić information content (AvgIpc) is 2.64. The number of benzene rings is 1. The Hall–Kier alpha value is -1.44. The van der Waals surface area contributed by atoms with Gasteiger partial charge in [0, 0.05) is 25.3 Å². The molecule has 0 spiro atoms. The van der Waals surface area contributed by atoms with Crippen LogP contribution in [0.1, 0.15) is 44.6 Å². The molecule has 2 heterocycles. The molecule has 1 unspecified atom stereocenters. The Labute approximate surface area is 163 Å². The number of piperidine rings is 2. The zero-order chi connectivity index (χ0) is 19.4. The van der Waals surface area contributed by atoms with Gasteiger partial charge in [0.1, 0.15) is 0 Å². The molecule has 6 nitrogen and oxygen atoms in total. The molecule has 0 aromatic heterocycles. The van der Waals surface area contributed by atoms with Crippen LogP contribution in [-0.2, 0) is 14.8 Å². The van der Waals surface area contributed by atoms with Crippen LogP contribution in [0.15, 0.2) is 23.1 Å². The van der Waals surface area contributed by atoms with Gasteiger partial charge in [-0.2, -0.15) is 4.31 Å². The normalized spacial score (nSPS) is 22.5. The topological polar surface area (TPSA) is 69.7 Å². The highest BCUT2D eigenvalue weighted by Gasteiger charge is 2.26. The molecular weight excluding hydrogens is 362 g/mol. The summed E-state index contributed by atoms with van der Waals surface area (Å²) in [6, 6.07) is 5.02. The van der Waals surface area contributed by atoms with Crippen LogP contribution in [0.3, 0.4) is 0 Å². The van der Waals surface area contributed by atoms with Crippen molar-refractivity contribution < 1.29 is 13.2 Å². The van der Waals surface area contributed by atoms with Gasteiger partial charge in [0.05, 0.1) is 11.4 Å². The van der Waals surface area contributed by atoms with Gasteiger partial charge in [-0.05, 0) is 62.8 Å². The minimum atomic E-state index is -3.50. The lowest BCUT2D eigenvalue weighted by atomic mass is 10.0. The first kappa shape index (κ1) is 20.3. The third-order valence-electron chi connectivity index (χ3n) is 5.54. The van der Waals surface area contributed by atoms with E-state index in [0.717, 1.165) is 44.3 Å². The first-order chi connectivity index (χ1) is 12.9. The third-order valence-corrected chi connectivity index (χ3v) is 7.44. The van der Waals surface area contributed by atoms with Gasteiger partial charge in [0.25, 0.3) is 0 Å². The van der Waals surface area contributed by atoms with E-state index >= 15 is 0 Å². The van der Waals surface area contributed by atoms with E-state index in [-0.39, 0.29) is 10.8 Å². The molecule has 150 valence electrons. The molecule has 0 saturated carbocycles. The number of rotatable bonds is 5. The maximum absolute atomic E-state index is 12.9. The van der Waals surface area contributed by atoms with Gasteiger partial charge in [-0.3, -0.25) is 9.69 Å². The van der Waals surface area contributed by atoms with Crippen molar-refractivity contribution in [2.75, 3.05) is 38.0 Å². The van der Waals surface area contributed by atoms with Crippen LogP contribution < -0.4 is 5.32 Å². The molecule has 2 fully saturated rings. The summed E-state index contributed by atoms with van der Waals surface area (Å²) in [5.74, 6) is 0.533. The summed E-state index contributed by atoms with van der Waals surface area (Å²) in [6.45, 7) is 7.48. The highest BCUT2D eigenvalue weighted by atomic mass is 32.2. The monoisotopic (exact) mass is 393 g/mol. The van der Waals surface area contributed by atoms with Crippen LogP contribution in [0.2, 0.25) is 0 Å². The Bertz CT molecular complexity index is 773. The molecule has 0 bridgehead atoms. The summed E-state index contributed by atoms with van der Waals surface area (Å²) in [7, 11) is -3.50. The summed E-state index contributed by atoms with van der Waals surface area (Å²) in [5.41, 5.74) is 1.45. The molecule has 2 aliphatic heterocycles. The quantitative estimate of drug-likeness (QED) is 0.835. The van der Waals surface area contributed by atoms with Gasteiger partial charge >= 0.3 is 0 Å². The molecule has 1 atom stereocenters. The number of carbonyl (C=O) groups is 1. The van der Waals surface area contributed by atoms with Gasteiger partial charge in [-0.15, -0.1) is 0 Å². The molecule has 1 aromatic rings.